The standard InChI is InChI=1S/C13H23N3/c14-7-11-16-10-5-2-6-13(16)12-15-8-3-1-4-9-15/h13H,1-6,8-12H2. The molecule has 0 N–H and O–H groups in total. The number of rotatable bonds is 3. The van der Waals surface area contributed by atoms with Crippen LogP contribution in [0.5, 0.6) is 0 Å². The van der Waals surface area contributed by atoms with Crippen LogP contribution in [0.2, 0.25) is 0 Å². The molecule has 0 bridgehead atoms. The van der Waals surface area contributed by atoms with Gasteiger partial charge >= 0.3 is 0 Å². The van der Waals surface area contributed by atoms with Crippen LogP contribution >= 0.6 is 0 Å². The fraction of sp³-hybridized carbons (Fsp3) is 0.923. The molecule has 16 heavy (non-hydrogen) atoms. The molecule has 2 rings (SSSR count). The SMILES string of the molecule is N#CCN1CCCCC1CN1CCCCC1. The summed E-state index contributed by atoms with van der Waals surface area (Å²) in [7, 11) is 0. The van der Waals surface area contributed by atoms with Gasteiger partial charge in [0.1, 0.15) is 0 Å². The molecule has 1 atom stereocenters. The lowest BCUT2D eigenvalue weighted by Gasteiger charge is -2.38. The minimum absolute atomic E-state index is 0.624. The quantitative estimate of drug-likeness (QED) is 0.681. The van der Waals surface area contributed by atoms with Crippen molar-refractivity contribution in [3.8, 4) is 6.07 Å². The molecule has 1 unspecified atom stereocenters. The summed E-state index contributed by atoms with van der Waals surface area (Å²) in [5.41, 5.74) is 0. The molecule has 2 saturated heterocycles. The highest BCUT2D eigenvalue weighted by molar-refractivity contribution is 4.86. The molecular formula is C13H23N3. The Morgan fingerprint density at radius 2 is 1.75 bits per heavy atom. The number of hydrogen-bond donors (Lipinski definition) is 0. The molecule has 0 aromatic rings. The van der Waals surface area contributed by atoms with Crippen molar-refractivity contribution in [3.63, 3.8) is 0 Å². The molecule has 90 valence electrons. The second-order valence-electron chi connectivity index (χ2n) is 5.14. The summed E-state index contributed by atoms with van der Waals surface area (Å²) < 4.78 is 0. The largest absolute Gasteiger partial charge is 0.302 e. The molecule has 0 spiro atoms. The number of likely N-dealkylation sites (tertiary alicyclic amines) is 2. The van der Waals surface area contributed by atoms with Gasteiger partial charge in [-0.05, 0) is 45.3 Å². The van der Waals surface area contributed by atoms with Crippen LogP contribution in [0.3, 0.4) is 0 Å². The maximum Gasteiger partial charge on any atom is 0.0868 e. The third kappa shape index (κ3) is 3.20. The van der Waals surface area contributed by atoms with Crippen LogP contribution in [-0.2, 0) is 0 Å². The first kappa shape index (κ1) is 11.9. The van der Waals surface area contributed by atoms with E-state index in [-0.39, 0.29) is 0 Å². The van der Waals surface area contributed by atoms with Crippen molar-refractivity contribution in [1.29, 1.82) is 5.26 Å². The van der Waals surface area contributed by atoms with Crippen LogP contribution < -0.4 is 0 Å². The van der Waals surface area contributed by atoms with Crippen LogP contribution in [0.25, 0.3) is 0 Å². The minimum Gasteiger partial charge on any atom is -0.302 e. The van der Waals surface area contributed by atoms with Crippen LogP contribution in [0, 0.1) is 11.3 Å². The van der Waals surface area contributed by atoms with E-state index in [1.54, 1.807) is 0 Å². The van der Waals surface area contributed by atoms with Crippen molar-refractivity contribution < 1.29 is 0 Å². The highest BCUT2D eigenvalue weighted by Crippen LogP contribution is 2.19. The summed E-state index contributed by atoms with van der Waals surface area (Å²) in [6.45, 7) is 5.50. The Balaban J connectivity index is 1.82. The van der Waals surface area contributed by atoms with Gasteiger partial charge in [0.25, 0.3) is 0 Å². The highest BCUT2D eigenvalue weighted by atomic mass is 15.2. The first-order chi connectivity index (χ1) is 7.90. The van der Waals surface area contributed by atoms with Gasteiger partial charge < -0.3 is 4.90 Å². The molecule has 0 aromatic carbocycles. The number of hydrogen-bond acceptors (Lipinski definition) is 3. The Morgan fingerprint density at radius 1 is 1.00 bits per heavy atom. The molecule has 2 aliphatic heterocycles. The van der Waals surface area contributed by atoms with E-state index in [9.17, 15) is 0 Å². The van der Waals surface area contributed by atoms with E-state index in [1.165, 1.54) is 58.2 Å². The van der Waals surface area contributed by atoms with E-state index in [1.807, 2.05) is 0 Å². The van der Waals surface area contributed by atoms with Gasteiger partial charge in [-0.2, -0.15) is 5.26 Å². The molecule has 0 aliphatic carbocycles. The third-order valence-electron chi connectivity index (χ3n) is 3.94. The molecule has 0 aromatic heterocycles. The van der Waals surface area contributed by atoms with Crippen molar-refractivity contribution in [2.24, 2.45) is 0 Å². The Bertz CT molecular complexity index is 240. The predicted molar refractivity (Wildman–Crippen MR) is 65.1 cm³/mol. The second kappa shape index (κ2) is 6.22. The van der Waals surface area contributed by atoms with E-state index in [4.69, 9.17) is 5.26 Å². The molecule has 3 heteroatoms. The van der Waals surface area contributed by atoms with Crippen molar-refractivity contribution in [3.05, 3.63) is 0 Å². The lowest BCUT2D eigenvalue weighted by Crippen LogP contribution is -2.47. The molecule has 2 fully saturated rings. The fourth-order valence-electron chi connectivity index (χ4n) is 3.01. The zero-order chi connectivity index (χ0) is 11.2. The average molecular weight is 221 g/mol. The Kier molecular flexibility index (Phi) is 4.62. The second-order valence-corrected chi connectivity index (χ2v) is 5.14. The topological polar surface area (TPSA) is 30.3 Å². The van der Waals surface area contributed by atoms with Crippen LogP contribution in [-0.4, -0.2) is 48.6 Å². The van der Waals surface area contributed by atoms with E-state index in [0.717, 1.165) is 6.54 Å². The summed E-state index contributed by atoms with van der Waals surface area (Å²) in [6, 6.07) is 2.96. The molecule has 2 heterocycles. The van der Waals surface area contributed by atoms with Crippen LogP contribution in [0.1, 0.15) is 38.5 Å². The zero-order valence-electron chi connectivity index (χ0n) is 10.2. The maximum absolute atomic E-state index is 8.84. The van der Waals surface area contributed by atoms with Gasteiger partial charge in [-0.15, -0.1) is 0 Å². The molecule has 2 aliphatic rings. The Hall–Kier alpha value is -0.590. The molecule has 0 radical (unpaired) electrons. The summed E-state index contributed by atoms with van der Waals surface area (Å²) in [5, 5.41) is 8.84. The third-order valence-corrected chi connectivity index (χ3v) is 3.94. The van der Waals surface area contributed by atoms with Gasteiger partial charge in [0.05, 0.1) is 12.6 Å². The van der Waals surface area contributed by atoms with Gasteiger partial charge in [-0.1, -0.05) is 12.8 Å². The first-order valence-corrected chi connectivity index (χ1v) is 6.73. The molecule has 3 nitrogen and oxygen atoms in total. The molecule has 0 saturated carbocycles. The van der Waals surface area contributed by atoms with Crippen LogP contribution in [0.4, 0.5) is 0 Å². The zero-order valence-corrected chi connectivity index (χ0v) is 10.2. The average Bonchev–Trinajstić information content (AvgIpc) is 2.33. The smallest absolute Gasteiger partial charge is 0.0868 e. The summed E-state index contributed by atoms with van der Waals surface area (Å²) in [5.74, 6) is 0. The number of piperidine rings is 2. The van der Waals surface area contributed by atoms with Gasteiger partial charge in [0.2, 0.25) is 0 Å². The summed E-state index contributed by atoms with van der Waals surface area (Å²) >= 11 is 0. The van der Waals surface area contributed by atoms with E-state index in [2.05, 4.69) is 15.9 Å². The van der Waals surface area contributed by atoms with Gasteiger partial charge in [0.15, 0.2) is 0 Å². The van der Waals surface area contributed by atoms with E-state index >= 15 is 0 Å². The van der Waals surface area contributed by atoms with Crippen LogP contribution in [0.15, 0.2) is 0 Å². The monoisotopic (exact) mass is 221 g/mol. The molecule has 0 amide bonds. The number of nitrogens with zero attached hydrogens (tertiary/aromatic N) is 3. The van der Waals surface area contributed by atoms with E-state index < -0.39 is 0 Å². The van der Waals surface area contributed by atoms with E-state index in [0.29, 0.717) is 12.6 Å². The lowest BCUT2D eigenvalue weighted by atomic mass is 10.0. The van der Waals surface area contributed by atoms with Crippen molar-refractivity contribution in [2.75, 3.05) is 32.7 Å². The first-order valence-electron chi connectivity index (χ1n) is 6.73. The highest BCUT2D eigenvalue weighted by Gasteiger charge is 2.24. The summed E-state index contributed by atoms with van der Waals surface area (Å²) in [4.78, 5) is 4.99. The maximum atomic E-state index is 8.84. The normalized spacial score (nSPS) is 28.8. The summed E-state index contributed by atoms with van der Waals surface area (Å²) in [6.07, 6.45) is 8.05. The van der Waals surface area contributed by atoms with Gasteiger partial charge in [0, 0.05) is 12.6 Å². The van der Waals surface area contributed by atoms with Crippen molar-refractivity contribution in [2.45, 2.75) is 44.6 Å². The van der Waals surface area contributed by atoms with Crippen molar-refractivity contribution >= 4 is 0 Å². The van der Waals surface area contributed by atoms with Crippen molar-refractivity contribution in [1.82, 2.24) is 9.80 Å². The van der Waals surface area contributed by atoms with Gasteiger partial charge in [-0.25, -0.2) is 0 Å². The fourth-order valence-corrected chi connectivity index (χ4v) is 3.01. The predicted octanol–water partition coefficient (Wildman–Crippen LogP) is 1.85. The lowest BCUT2D eigenvalue weighted by molar-refractivity contribution is 0.106. The minimum atomic E-state index is 0.624. The number of nitriles is 1. The molecular weight excluding hydrogens is 198 g/mol. The Morgan fingerprint density at radius 3 is 2.50 bits per heavy atom. The Labute approximate surface area is 99.0 Å². The van der Waals surface area contributed by atoms with Gasteiger partial charge in [-0.3, -0.25) is 4.90 Å².